The molecule has 0 aromatic rings. The van der Waals surface area contributed by atoms with E-state index in [0.29, 0.717) is 18.9 Å². The van der Waals surface area contributed by atoms with Crippen molar-refractivity contribution in [2.24, 2.45) is 11.8 Å². The van der Waals surface area contributed by atoms with Crippen LogP contribution in [0.3, 0.4) is 0 Å². The first-order chi connectivity index (χ1) is 5.99. The normalized spacial score (nSPS) is 12.7. The minimum atomic E-state index is -0.569. The van der Waals surface area contributed by atoms with Crippen molar-refractivity contribution in [3.05, 3.63) is 0 Å². The highest BCUT2D eigenvalue weighted by molar-refractivity contribution is 5.97. The average Bonchev–Trinajstić information content (AvgIpc) is 1.99. The molecular formula is C10H18O3. The van der Waals surface area contributed by atoms with Gasteiger partial charge in [0.15, 0.2) is 0 Å². The summed E-state index contributed by atoms with van der Waals surface area (Å²) in [7, 11) is 0. The fourth-order valence-corrected chi connectivity index (χ4v) is 1.14. The third-order valence-corrected chi connectivity index (χ3v) is 1.77. The van der Waals surface area contributed by atoms with Crippen LogP contribution in [0.4, 0.5) is 0 Å². The summed E-state index contributed by atoms with van der Waals surface area (Å²) in [6, 6.07) is 0. The highest BCUT2D eigenvalue weighted by Gasteiger charge is 2.25. The van der Waals surface area contributed by atoms with Crippen molar-refractivity contribution in [3.8, 4) is 0 Å². The van der Waals surface area contributed by atoms with Gasteiger partial charge in [0.1, 0.15) is 11.7 Å². The van der Waals surface area contributed by atoms with Crippen molar-refractivity contribution in [3.63, 3.8) is 0 Å². The fraction of sp³-hybridized carbons (Fsp3) is 0.800. The van der Waals surface area contributed by atoms with E-state index in [1.54, 1.807) is 6.92 Å². The SMILES string of the molecule is CCOC(=O)[C@H](CC(C)C)C(C)=O. The molecule has 0 rings (SSSR count). The number of ketones is 1. The molecule has 0 aromatic heterocycles. The van der Waals surface area contributed by atoms with E-state index in [4.69, 9.17) is 4.74 Å². The van der Waals surface area contributed by atoms with E-state index in [0.717, 1.165) is 0 Å². The Kier molecular flexibility index (Phi) is 5.35. The van der Waals surface area contributed by atoms with E-state index >= 15 is 0 Å². The number of hydrogen-bond acceptors (Lipinski definition) is 3. The van der Waals surface area contributed by atoms with Gasteiger partial charge in [-0.1, -0.05) is 13.8 Å². The van der Waals surface area contributed by atoms with E-state index in [1.807, 2.05) is 13.8 Å². The van der Waals surface area contributed by atoms with Crippen LogP contribution in [0, 0.1) is 11.8 Å². The minimum Gasteiger partial charge on any atom is -0.465 e. The molecule has 0 saturated carbocycles. The summed E-state index contributed by atoms with van der Waals surface area (Å²) < 4.78 is 4.81. The van der Waals surface area contributed by atoms with Crippen LogP contribution in [-0.2, 0) is 14.3 Å². The van der Waals surface area contributed by atoms with Gasteiger partial charge in [0.25, 0.3) is 0 Å². The Balaban J connectivity index is 4.24. The molecule has 0 heterocycles. The standard InChI is InChI=1S/C10H18O3/c1-5-13-10(12)9(8(4)11)6-7(2)3/h7,9H,5-6H2,1-4H3/t9-/m1/s1. The maximum atomic E-state index is 11.3. The average molecular weight is 186 g/mol. The van der Waals surface area contributed by atoms with Crippen LogP contribution in [0.5, 0.6) is 0 Å². The van der Waals surface area contributed by atoms with Crippen molar-refractivity contribution in [1.29, 1.82) is 0 Å². The first kappa shape index (κ1) is 12.1. The van der Waals surface area contributed by atoms with Crippen LogP contribution in [0.25, 0.3) is 0 Å². The molecule has 3 nitrogen and oxygen atoms in total. The largest absolute Gasteiger partial charge is 0.465 e. The first-order valence-electron chi connectivity index (χ1n) is 4.66. The van der Waals surface area contributed by atoms with Crippen LogP contribution in [-0.4, -0.2) is 18.4 Å². The Hall–Kier alpha value is -0.860. The Morgan fingerprint density at radius 2 is 1.85 bits per heavy atom. The molecule has 0 N–H and O–H groups in total. The van der Waals surface area contributed by atoms with Crippen LogP contribution in [0.2, 0.25) is 0 Å². The van der Waals surface area contributed by atoms with Gasteiger partial charge >= 0.3 is 5.97 Å². The molecule has 76 valence electrons. The quantitative estimate of drug-likeness (QED) is 0.485. The number of hydrogen-bond donors (Lipinski definition) is 0. The van der Waals surface area contributed by atoms with Gasteiger partial charge in [0.05, 0.1) is 6.61 Å². The molecule has 13 heavy (non-hydrogen) atoms. The fourth-order valence-electron chi connectivity index (χ4n) is 1.14. The molecule has 0 unspecified atom stereocenters. The number of Topliss-reactive ketones (excluding diaryl/α,β-unsaturated/α-hetero) is 1. The van der Waals surface area contributed by atoms with Gasteiger partial charge in [-0.2, -0.15) is 0 Å². The summed E-state index contributed by atoms with van der Waals surface area (Å²) in [5.74, 6) is -0.728. The summed E-state index contributed by atoms with van der Waals surface area (Å²) in [6.45, 7) is 7.47. The van der Waals surface area contributed by atoms with Crippen LogP contribution >= 0.6 is 0 Å². The predicted octanol–water partition coefficient (Wildman–Crippen LogP) is 1.80. The van der Waals surface area contributed by atoms with Gasteiger partial charge in [-0.15, -0.1) is 0 Å². The number of ether oxygens (including phenoxy) is 1. The topological polar surface area (TPSA) is 43.4 Å². The van der Waals surface area contributed by atoms with Gasteiger partial charge < -0.3 is 4.74 Å². The summed E-state index contributed by atoms with van der Waals surface area (Å²) in [5.41, 5.74) is 0. The van der Waals surface area contributed by atoms with E-state index in [9.17, 15) is 9.59 Å². The molecule has 0 saturated heterocycles. The molecular weight excluding hydrogens is 168 g/mol. The van der Waals surface area contributed by atoms with Crippen molar-refractivity contribution in [2.75, 3.05) is 6.61 Å². The Bertz CT molecular complexity index is 185. The second-order valence-corrected chi connectivity index (χ2v) is 3.54. The summed E-state index contributed by atoms with van der Waals surface area (Å²) in [5, 5.41) is 0. The van der Waals surface area contributed by atoms with Crippen molar-refractivity contribution in [2.45, 2.75) is 34.1 Å². The zero-order valence-electron chi connectivity index (χ0n) is 8.79. The van der Waals surface area contributed by atoms with E-state index in [1.165, 1.54) is 6.92 Å². The molecule has 0 aliphatic rings. The van der Waals surface area contributed by atoms with Gasteiger partial charge in [0.2, 0.25) is 0 Å². The van der Waals surface area contributed by atoms with Crippen molar-refractivity contribution >= 4 is 11.8 Å². The molecule has 0 amide bonds. The molecule has 0 aliphatic heterocycles. The summed E-state index contributed by atoms with van der Waals surface area (Å²) in [4.78, 5) is 22.4. The number of carbonyl (C=O) groups is 2. The lowest BCUT2D eigenvalue weighted by atomic mass is 9.94. The number of carbonyl (C=O) groups excluding carboxylic acids is 2. The Labute approximate surface area is 79.5 Å². The first-order valence-corrected chi connectivity index (χ1v) is 4.66. The second-order valence-electron chi connectivity index (χ2n) is 3.54. The lowest BCUT2D eigenvalue weighted by Crippen LogP contribution is -2.25. The zero-order chi connectivity index (χ0) is 10.4. The monoisotopic (exact) mass is 186 g/mol. The van der Waals surface area contributed by atoms with E-state index < -0.39 is 5.92 Å². The lowest BCUT2D eigenvalue weighted by Gasteiger charge is -2.14. The highest BCUT2D eigenvalue weighted by atomic mass is 16.5. The molecule has 0 aliphatic carbocycles. The van der Waals surface area contributed by atoms with Crippen LogP contribution in [0.15, 0.2) is 0 Å². The van der Waals surface area contributed by atoms with Gasteiger partial charge in [0, 0.05) is 0 Å². The van der Waals surface area contributed by atoms with Crippen molar-refractivity contribution < 1.29 is 14.3 Å². The lowest BCUT2D eigenvalue weighted by molar-refractivity contribution is -0.151. The maximum absolute atomic E-state index is 11.3. The van der Waals surface area contributed by atoms with Crippen molar-refractivity contribution in [1.82, 2.24) is 0 Å². The smallest absolute Gasteiger partial charge is 0.316 e. The number of esters is 1. The maximum Gasteiger partial charge on any atom is 0.316 e. The van der Waals surface area contributed by atoms with Gasteiger partial charge in [-0.05, 0) is 26.2 Å². The van der Waals surface area contributed by atoms with Gasteiger partial charge in [-0.25, -0.2) is 0 Å². The zero-order valence-corrected chi connectivity index (χ0v) is 8.79. The third-order valence-electron chi connectivity index (χ3n) is 1.77. The molecule has 0 bridgehead atoms. The molecule has 0 spiro atoms. The Morgan fingerprint density at radius 3 is 2.15 bits per heavy atom. The molecule has 0 fully saturated rings. The van der Waals surface area contributed by atoms with E-state index in [2.05, 4.69) is 0 Å². The van der Waals surface area contributed by atoms with Crippen LogP contribution in [0.1, 0.15) is 34.1 Å². The number of rotatable bonds is 5. The second kappa shape index (κ2) is 5.73. The van der Waals surface area contributed by atoms with Crippen LogP contribution < -0.4 is 0 Å². The molecule has 3 heteroatoms. The van der Waals surface area contributed by atoms with E-state index in [-0.39, 0.29) is 11.8 Å². The third kappa shape index (κ3) is 4.65. The molecule has 0 aromatic carbocycles. The summed E-state index contributed by atoms with van der Waals surface area (Å²) >= 11 is 0. The Morgan fingerprint density at radius 1 is 1.31 bits per heavy atom. The highest BCUT2D eigenvalue weighted by Crippen LogP contribution is 2.14. The summed E-state index contributed by atoms with van der Waals surface area (Å²) in [6.07, 6.45) is 0.578. The minimum absolute atomic E-state index is 0.104. The molecule has 1 atom stereocenters. The molecule has 0 radical (unpaired) electrons. The predicted molar refractivity (Wildman–Crippen MR) is 50.3 cm³/mol. The van der Waals surface area contributed by atoms with Gasteiger partial charge in [-0.3, -0.25) is 9.59 Å².